The fourth-order valence-electron chi connectivity index (χ4n) is 2.37. The number of carbonyl (C=O) groups excluding carboxylic acids is 1. The Morgan fingerprint density at radius 3 is 2.48 bits per heavy atom. The van der Waals surface area contributed by atoms with Crippen LogP contribution in [0.15, 0.2) is 18.2 Å². The Kier molecular flexibility index (Phi) is 7.07. The average Bonchev–Trinajstić information content (AvgIpc) is 2.39. The molecular formula is C19H32N2O2. The van der Waals surface area contributed by atoms with Gasteiger partial charge in [0.2, 0.25) is 5.91 Å². The summed E-state index contributed by atoms with van der Waals surface area (Å²) in [5, 5.41) is 2.95. The predicted molar refractivity (Wildman–Crippen MR) is 96.8 cm³/mol. The molecule has 0 aliphatic heterocycles. The maximum atomic E-state index is 12.2. The zero-order valence-electron chi connectivity index (χ0n) is 15.4. The highest BCUT2D eigenvalue weighted by atomic mass is 16.5. The molecule has 1 unspecified atom stereocenters. The minimum Gasteiger partial charge on any atom is -0.492 e. The summed E-state index contributed by atoms with van der Waals surface area (Å²) in [6.07, 6.45) is 1.80. The molecule has 0 heterocycles. The number of nitrogens with one attached hydrogen (secondary N) is 1. The molecule has 4 heteroatoms. The van der Waals surface area contributed by atoms with E-state index < -0.39 is 5.41 Å². The van der Waals surface area contributed by atoms with Gasteiger partial charge in [-0.25, -0.2) is 0 Å². The highest BCUT2D eigenvalue weighted by molar-refractivity contribution is 5.95. The van der Waals surface area contributed by atoms with Crippen LogP contribution in [-0.2, 0) is 11.2 Å². The van der Waals surface area contributed by atoms with Crippen molar-refractivity contribution in [2.75, 3.05) is 11.9 Å². The van der Waals surface area contributed by atoms with Crippen LogP contribution < -0.4 is 15.8 Å². The van der Waals surface area contributed by atoms with E-state index in [4.69, 9.17) is 10.5 Å². The number of rotatable bonds is 7. The van der Waals surface area contributed by atoms with Crippen molar-refractivity contribution < 1.29 is 9.53 Å². The Bertz CT molecular complexity index is 519. The highest BCUT2D eigenvalue weighted by Crippen LogP contribution is 2.28. The van der Waals surface area contributed by atoms with Crippen molar-refractivity contribution in [1.82, 2.24) is 0 Å². The molecule has 0 spiro atoms. The minimum absolute atomic E-state index is 0.0253. The summed E-state index contributed by atoms with van der Waals surface area (Å²) < 4.78 is 5.70. The molecule has 130 valence electrons. The number of hydrogen-bond acceptors (Lipinski definition) is 3. The fraction of sp³-hybridized carbons (Fsp3) is 0.632. The molecule has 1 aromatic rings. The second-order valence-corrected chi connectivity index (χ2v) is 7.56. The number of ether oxygens (including phenoxy) is 1. The molecule has 1 atom stereocenters. The molecule has 0 saturated heterocycles. The molecule has 3 N–H and O–H groups in total. The van der Waals surface area contributed by atoms with Gasteiger partial charge in [0.25, 0.3) is 0 Å². The van der Waals surface area contributed by atoms with Gasteiger partial charge in [0, 0.05) is 11.5 Å². The Labute approximate surface area is 140 Å². The zero-order valence-corrected chi connectivity index (χ0v) is 15.4. The molecule has 1 amide bonds. The maximum absolute atomic E-state index is 12.2. The summed E-state index contributed by atoms with van der Waals surface area (Å²) in [6.45, 7) is 12.5. The fourth-order valence-corrected chi connectivity index (χ4v) is 2.37. The lowest BCUT2D eigenvalue weighted by Crippen LogP contribution is -2.28. The largest absolute Gasteiger partial charge is 0.492 e. The van der Waals surface area contributed by atoms with Crippen LogP contribution in [0, 0.1) is 11.3 Å². The summed E-state index contributed by atoms with van der Waals surface area (Å²) in [5.74, 6) is 1.27. The first-order valence-electron chi connectivity index (χ1n) is 8.46. The lowest BCUT2D eigenvalue weighted by Gasteiger charge is -2.20. The lowest BCUT2D eigenvalue weighted by molar-refractivity contribution is -0.123. The summed E-state index contributed by atoms with van der Waals surface area (Å²) in [4.78, 5) is 12.2. The van der Waals surface area contributed by atoms with Crippen molar-refractivity contribution in [2.24, 2.45) is 17.1 Å². The number of anilines is 1. The van der Waals surface area contributed by atoms with Gasteiger partial charge in [-0.1, -0.05) is 40.7 Å². The third-order valence-corrected chi connectivity index (χ3v) is 3.55. The van der Waals surface area contributed by atoms with E-state index in [9.17, 15) is 4.79 Å². The van der Waals surface area contributed by atoms with Gasteiger partial charge in [0.05, 0.1) is 12.3 Å². The second kappa shape index (κ2) is 8.34. The SMILES string of the molecule is CCOc1cc(CC(N)CC(C)C)ccc1NC(=O)C(C)(C)C. The summed E-state index contributed by atoms with van der Waals surface area (Å²) in [7, 11) is 0. The van der Waals surface area contributed by atoms with E-state index in [0.717, 1.165) is 18.4 Å². The Morgan fingerprint density at radius 1 is 1.30 bits per heavy atom. The third kappa shape index (κ3) is 6.61. The molecule has 0 aliphatic rings. The number of benzene rings is 1. The van der Waals surface area contributed by atoms with Gasteiger partial charge in [-0.3, -0.25) is 4.79 Å². The van der Waals surface area contributed by atoms with E-state index in [1.165, 1.54) is 0 Å². The van der Waals surface area contributed by atoms with Crippen LogP contribution in [0.5, 0.6) is 5.75 Å². The molecule has 1 rings (SSSR count). The molecule has 0 bridgehead atoms. The van der Waals surface area contributed by atoms with E-state index in [-0.39, 0.29) is 11.9 Å². The molecule has 23 heavy (non-hydrogen) atoms. The van der Waals surface area contributed by atoms with E-state index in [0.29, 0.717) is 24.0 Å². The topological polar surface area (TPSA) is 64.3 Å². The van der Waals surface area contributed by atoms with Gasteiger partial charge >= 0.3 is 0 Å². The van der Waals surface area contributed by atoms with Gasteiger partial charge in [0.15, 0.2) is 0 Å². The standard InChI is InChI=1S/C19H32N2O2/c1-7-23-17-12-14(11-15(20)10-13(2)3)8-9-16(17)21-18(22)19(4,5)6/h8-9,12-13,15H,7,10-11,20H2,1-6H3,(H,21,22). The first-order chi connectivity index (χ1) is 10.6. The van der Waals surface area contributed by atoms with E-state index >= 15 is 0 Å². The van der Waals surface area contributed by atoms with Gasteiger partial charge in [-0.2, -0.15) is 0 Å². The van der Waals surface area contributed by atoms with Crippen LogP contribution in [0.4, 0.5) is 5.69 Å². The van der Waals surface area contributed by atoms with Crippen molar-refractivity contribution in [2.45, 2.75) is 60.4 Å². The first-order valence-corrected chi connectivity index (χ1v) is 8.46. The maximum Gasteiger partial charge on any atom is 0.229 e. The van der Waals surface area contributed by atoms with Gasteiger partial charge < -0.3 is 15.8 Å². The number of hydrogen-bond donors (Lipinski definition) is 2. The third-order valence-electron chi connectivity index (χ3n) is 3.55. The van der Waals surface area contributed by atoms with Crippen LogP contribution in [0.1, 0.15) is 53.5 Å². The monoisotopic (exact) mass is 320 g/mol. The molecule has 0 fully saturated rings. The predicted octanol–water partition coefficient (Wildman–Crippen LogP) is 3.99. The van der Waals surface area contributed by atoms with Crippen LogP contribution in [-0.4, -0.2) is 18.6 Å². The molecule has 0 radical (unpaired) electrons. The summed E-state index contributed by atoms with van der Waals surface area (Å²) in [5.41, 5.74) is 7.60. The zero-order chi connectivity index (χ0) is 17.6. The summed E-state index contributed by atoms with van der Waals surface area (Å²) in [6, 6.07) is 6.05. The van der Waals surface area contributed by atoms with E-state index in [1.807, 2.05) is 45.9 Å². The van der Waals surface area contributed by atoms with Crippen molar-refractivity contribution >= 4 is 11.6 Å². The Morgan fingerprint density at radius 2 is 1.96 bits per heavy atom. The number of nitrogens with two attached hydrogens (primary N) is 1. The van der Waals surface area contributed by atoms with Crippen LogP contribution in [0.2, 0.25) is 0 Å². The van der Waals surface area contributed by atoms with Crippen LogP contribution in [0.3, 0.4) is 0 Å². The van der Waals surface area contributed by atoms with Crippen LogP contribution in [0.25, 0.3) is 0 Å². The Hall–Kier alpha value is -1.55. The molecule has 1 aromatic carbocycles. The van der Waals surface area contributed by atoms with Crippen molar-refractivity contribution in [3.05, 3.63) is 23.8 Å². The van der Waals surface area contributed by atoms with Gasteiger partial charge in [0.1, 0.15) is 5.75 Å². The van der Waals surface area contributed by atoms with Crippen molar-refractivity contribution in [1.29, 1.82) is 0 Å². The molecule has 0 saturated carbocycles. The van der Waals surface area contributed by atoms with Crippen LogP contribution >= 0.6 is 0 Å². The lowest BCUT2D eigenvalue weighted by atomic mass is 9.95. The number of carbonyl (C=O) groups is 1. The van der Waals surface area contributed by atoms with Crippen molar-refractivity contribution in [3.8, 4) is 5.75 Å². The van der Waals surface area contributed by atoms with Crippen molar-refractivity contribution in [3.63, 3.8) is 0 Å². The van der Waals surface area contributed by atoms with E-state index in [1.54, 1.807) is 0 Å². The van der Waals surface area contributed by atoms with Gasteiger partial charge in [-0.05, 0) is 43.4 Å². The number of amides is 1. The smallest absolute Gasteiger partial charge is 0.229 e. The average molecular weight is 320 g/mol. The molecule has 0 aliphatic carbocycles. The van der Waals surface area contributed by atoms with Gasteiger partial charge in [-0.15, -0.1) is 0 Å². The molecule has 4 nitrogen and oxygen atoms in total. The summed E-state index contributed by atoms with van der Waals surface area (Å²) >= 11 is 0. The minimum atomic E-state index is -0.443. The molecule has 0 aromatic heterocycles. The molecular weight excluding hydrogens is 288 g/mol. The first kappa shape index (κ1) is 19.5. The quantitative estimate of drug-likeness (QED) is 0.798. The second-order valence-electron chi connectivity index (χ2n) is 7.56. The van der Waals surface area contributed by atoms with E-state index in [2.05, 4.69) is 19.2 Å². The highest BCUT2D eigenvalue weighted by Gasteiger charge is 2.22. The Balaban J connectivity index is 2.91. The normalized spacial score (nSPS) is 13.0.